The van der Waals surface area contributed by atoms with Gasteiger partial charge < -0.3 is 9.47 Å². The molecule has 162 valence electrons. The van der Waals surface area contributed by atoms with Gasteiger partial charge in [0.2, 0.25) is 5.82 Å². The van der Waals surface area contributed by atoms with Crippen molar-refractivity contribution < 1.29 is 27.0 Å². The minimum Gasteiger partial charge on any atom is -0.498 e. The molecule has 0 saturated heterocycles. The maximum absolute atomic E-state index is 14.8. The Morgan fingerprint density at radius 1 is 0.867 bits per heavy atom. The van der Waals surface area contributed by atoms with Crippen LogP contribution in [0.25, 0.3) is 16.7 Å². The maximum Gasteiger partial charge on any atom is 0.201 e. The smallest absolute Gasteiger partial charge is 0.201 e. The molecule has 0 fully saturated rings. The summed E-state index contributed by atoms with van der Waals surface area (Å²) in [5.41, 5.74) is -0.0626. The molecule has 1 heterocycles. The number of ether oxygens (including phenoxy) is 2. The van der Waals surface area contributed by atoms with E-state index >= 15 is 0 Å². The highest BCUT2D eigenvalue weighted by Crippen LogP contribution is 2.36. The van der Waals surface area contributed by atoms with Crippen LogP contribution in [0.1, 0.15) is 57.9 Å². The van der Waals surface area contributed by atoms with Crippen molar-refractivity contribution in [1.29, 1.82) is 0 Å². The Morgan fingerprint density at radius 2 is 1.50 bits per heavy atom. The fraction of sp³-hybridized carbons (Fsp3) is 0.417. The van der Waals surface area contributed by atoms with Crippen LogP contribution in [0.15, 0.2) is 30.5 Å². The number of allylic oxidation sites excluding steroid dienone is 1. The van der Waals surface area contributed by atoms with Crippen molar-refractivity contribution in [3.8, 4) is 16.9 Å². The highest BCUT2D eigenvalue weighted by atomic mass is 19.2. The summed E-state index contributed by atoms with van der Waals surface area (Å²) < 4.78 is 68.8. The first-order valence-corrected chi connectivity index (χ1v) is 10.4. The molecule has 0 aromatic heterocycles. The highest BCUT2D eigenvalue weighted by molar-refractivity contribution is 5.72. The zero-order valence-electron chi connectivity index (χ0n) is 17.2. The van der Waals surface area contributed by atoms with Gasteiger partial charge in [0.1, 0.15) is 0 Å². The van der Waals surface area contributed by atoms with Crippen LogP contribution in [0.4, 0.5) is 17.6 Å². The molecular weight excluding hydrogens is 396 g/mol. The standard InChI is InChI=1S/C24H26F4O2/c1-3-5-6-7-16-9-8-15(14-30-16)17-10-11-18(22(26)21(17)25)19-12-13-20(29-4-2)24(28)23(19)27/h10-14,16H,3-9H2,1-2H3. The molecule has 6 heteroatoms. The molecule has 0 bridgehead atoms. The van der Waals surface area contributed by atoms with E-state index in [-0.39, 0.29) is 35.2 Å². The lowest BCUT2D eigenvalue weighted by atomic mass is 9.94. The SMILES string of the molecule is CCCCCC1CCC(c2ccc(-c3ccc(OCC)c(F)c3F)c(F)c2F)=CO1. The first-order chi connectivity index (χ1) is 14.5. The fourth-order valence-electron chi connectivity index (χ4n) is 3.67. The highest BCUT2D eigenvalue weighted by Gasteiger charge is 2.24. The van der Waals surface area contributed by atoms with Gasteiger partial charge in [-0.05, 0) is 50.3 Å². The molecular formula is C24H26F4O2. The Hall–Kier alpha value is -2.50. The molecule has 3 rings (SSSR count). The van der Waals surface area contributed by atoms with Crippen LogP contribution in [-0.4, -0.2) is 12.7 Å². The van der Waals surface area contributed by atoms with Gasteiger partial charge in [0, 0.05) is 16.7 Å². The topological polar surface area (TPSA) is 18.5 Å². The van der Waals surface area contributed by atoms with Crippen molar-refractivity contribution in [3.05, 3.63) is 59.4 Å². The van der Waals surface area contributed by atoms with Gasteiger partial charge >= 0.3 is 0 Å². The van der Waals surface area contributed by atoms with E-state index in [9.17, 15) is 17.6 Å². The predicted molar refractivity (Wildman–Crippen MR) is 109 cm³/mol. The Kier molecular flexibility index (Phi) is 7.40. The summed E-state index contributed by atoms with van der Waals surface area (Å²) in [5, 5.41) is 0. The fourth-order valence-corrected chi connectivity index (χ4v) is 3.67. The molecule has 0 saturated carbocycles. The second-order valence-corrected chi connectivity index (χ2v) is 7.40. The van der Waals surface area contributed by atoms with E-state index in [1.165, 1.54) is 30.5 Å². The van der Waals surface area contributed by atoms with Gasteiger partial charge in [0.05, 0.1) is 19.0 Å². The molecule has 2 aromatic carbocycles. The van der Waals surface area contributed by atoms with Crippen molar-refractivity contribution in [2.24, 2.45) is 0 Å². The summed E-state index contributed by atoms with van der Waals surface area (Å²) in [6.07, 6.45) is 7.17. The first-order valence-electron chi connectivity index (χ1n) is 10.4. The summed E-state index contributed by atoms with van der Waals surface area (Å²) in [6.45, 7) is 3.93. The van der Waals surface area contributed by atoms with E-state index in [1.54, 1.807) is 6.92 Å². The van der Waals surface area contributed by atoms with Crippen LogP contribution in [0, 0.1) is 23.3 Å². The molecule has 1 atom stereocenters. The summed E-state index contributed by atoms with van der Waals surface area (Å²) in [5.74, 6) is -5.09. The summed E-state index contributed by atoms with van der Waals surface area (Å²) >= 11 is 0. The lowest BCUT2D eigenvalue weighted by molar-refractivity contribution is 0.116. The number of hydrogen-bond acceptors (Lipinski definition) is 2. The van der Waals surface area contributed by atoms with Crippen LogP contribution >= 0.6 is 0 Å². The third-order valence-corrected chi connectivity index (χ3v) is 5.33. The Bertz CT molecular complexity index is 924. The van der Waals surface area contributed by atoms with Gasteiger partial charge in [-0.1, -0.05) is 31.9 Å². The quantitative estimate of drug-likeness (QED) is 0.326. The van der Waals surface area contributed by atoms with Crippen LogP contribution < -0.4 is 4.74 Å². The number of rotatable bonds is 8. The Labute approximate surface area is 174 Å². The van der Waals surface area contributed by atoms with E-state index in [1.807, 2.05) is 0 Å². The summed E-state index contributed by atoms with van der Waals surface area (Å²) in [7, 11) is 0. The molecule has 1 aliphatic rings. The lowest BCUT2D eigenvalue weighted by Gasteiger charge is -2.24. The average molecular weight is 422 g/mol. The van der Waals surface area contributed by atoms with Gasteiger partial charge in [-0.25, -0.2) is 13.2 Å². The molecule has 1 unspecified atom stereocenters. The van der Waals surface area contributed by atoms with E-state index < -0.39 is 23.3 Å². The monoisotopic (exact) mass is 422 g/mol. The van der Waals surface area contributed by atoms with Gasteiger partial charge in [-0.15, -0.1) is 0 Å². The zero-order chi connectivity index (χ0) is 21.7. The van der Waals surface area contributed by atoms with Crippen LogP contribution in [0.3, 0.4) is 0 Å². The molecule has 0 amide bonds. The normalized spacial score (nSPS) is 16.2. The largest absolute Gasteiger partial charge is 0.498 e. The van der Waals surface area contributed by atoms with E-state index in [0.29, 0.717) is 12.0 Å². The molecule has 0 radical (unpaired) electrons. The minimum atomic E-state index is -1.28. The van der Waals surface area contributed by atoms with Gasteiger partial charge in [-0.3, -0.25) is 0 Å². The second kappa shape index (κ2) is 10.0. The third-order valence-electron chi connectivity index (χ3n) is 5.33. The van der Waals surface area contributed by atoms with Crippen LogP contribution in [0.5, 0.6) is 5.75 Å². The molecule has 0 spiro atoms. The van der Waals surface area contributed by atoms with Crippen LogP contribution in [-0.2, 0) is 4.74 Å². The van der Waals surface area contributed by atoms with E-state index in [0.717, 1.165) is 32.1 Å². The van der Waals surface area contributed by atoms with Gasteiger partial charge in [-0.2, -0.15) is 4.39 Å². The zero-order valence-corrected chi connectivity index (χ0v) is 17.2. The van der Waals surface area contributed by atoms with Gasteiger partial charge in [0.25, 0.3) is 0 Å². The number of unbranched alkanes of at least 4 members (excludes halogenated alkanes) is 2. The second-order valence-electron chi connectivity index (χ2n) is 7.40. The van der Waals surface area contributed by atoms with Crippen molar-refractivity contribution in [2.75, 3.05) is 6.61 Å². The number of benzene rings is 2. The third kappa shape index (κ3) is 4.63. The van der Waals surface area contributed by atoms with Crippen molar-refractivity contribution in [1.82, 2.24) is 0 Å². The lowest BCUT2D eigenvalue weighted by Crippen LogP contribution is -2.15. The molecule has 2 nitrogen and oxygen atoms in total. The predicted octanol–water partition coefficient (Wildman–Crippen LogP) is 7.41. The Morgan fingerprint density at radius 3 is 2.13 bits per heavy atom. The van der Waals surface area contributed by atoms with Gasteiger partial charge in [0.15, 0.2) is 23.2 Å². The molecule has 0 aliphatic carbocycles. The molecule has 30 heavy (non-hydrogen) atoms. The number of halogens is 4. The van der Waals surface area contributed by atoms with Crippen molar-refractivity contribution in [3.63, 3.8) is 0 Å². The summed E-state index contributed by atoms with van der Waals surface area (Å²) in [4.78, 5) is 0. The van der Waals surface area contributed by atoms with E-state index in [2.05, 4.69) is 6.92 Å². The molecule has 0 N–H and O–H groups in total. The summed E-state index contributed by atoms with van der Waals surface area (Å²) in [6, 6.07) is 5.04. The maximum atomic E-state index is 14.8. The van der Waals surface area contributed by atoms with Crippen LogP contribution in [0.2, 0.25) is 0 Å². The first kappa shape index (κ1) is 22.2. The van der Waals surface area contributed by atoms with E-state index in [4.69, 9.17) is 9.47 Å². The Balaban J connectivity index is 1.84. The number of hydrogen-bond donors (Lipinski definition) is 0. The average Bonchev–Trinajstić information content (AvgIpc) is 2.75. The molecule has 1 aliphatic heterocycles. The van der Waals surface area contributed by atoms with Crippen molar-refractivity contribution >= 4 is 5.57 Å². The van der Waals surface area contributed by atoms with Crippen molar-refractivity contribution in [2.45, 2.75) is 58.5 Å². The molecule has 2 aromatic rings. The minimum absolute atomic E-state index is 0.0788.